The Morgan fingerprint density at radius 1 is 0.552 bits per heavy atom. The van der Waals surface area contributed by atoms with Crippen molar-refractivity contribution in [3.63, 3.8) is 0 Å². The number of fused-ring (bicyclic) bond motifs is 10. The smallest absolute Gasteiger partial charge is 0.155 e. The number of hydrogen-bond acceptors (Lipinski definition) is 1. The highest BCUT2D eigenvalue weighted by Gasteiger charge is 2.32. The zero-order valence-electron chi connectivity index (χ0n) is 32.0. The highest BCUT2D eigenvalue weighted by atomic mass is 15.0. The minimum absolute atomic E-state index is 0.0962. The molecule has 11 rings (SSSR count). The van der Waals surface area contributed by atoms with Gasteiger partial charge in [-0.05, 0) is 91.2 Å². The Hall–Kier alpha value is -7.36. The number of aliphatic imine (C=N–C) groups is 2. The van der Waals surface area contributed by atoms with Gasteiger partial charge in [0.2, 0.25) is 0 Å². The van der Waals surface area contributed by atoms with E-state index in [9.17, 15) is 0 Å². The van der Waals surface area contributed by atoms with Gasteiger partial charge in [-0.15, -0.1) is 0 Å². The lowest BCUT2D eigenvalue weighted by Gasteiger charge is -2.31. The Balaban J connectivity index is 1.16. The molecule has 0 aliphatic heterocycles. The van der Waals surface area contributed by atoms with E-state index >= 15 is 0 Å². The first kappa shape index (κ1) is 33.9. The van der Waals surface area contributed by atoms with Crippen molar-refractivity contribution in [1.29, 1.82) is 0 Å². The second-order valence-electron chi connectivity index (χ2n) is 15.2. The van der Waals surface area contributed by atoms with E-state index in [1.165, 1.54) is 71.5 Å². The van der Waals surface area contributed by atoms with E-state index in [1.54, 1.807) is 0 Å². The van der Waals surface area contributed by atoms with E-state index in [-0.39, 0.29) is 5.92 Å². The van der Waals surface area contributed by atoms with Crippen LogP contribution in [-0.4, -0.2) is 16.6 Å². The van der Waals surface area contributed by atoms with Crippen LogP contribution in [-0.2, 0) is 13.0 Å². The predicted octanol–water partition coefficient (Wildman–Crippen LogP) is 13.5. The van der Waals surface area contributed by atoms with Crippen molar-refractivity contribution >= 4 is 55.4 Å². The van der Waals surface area contributed by atoms with E-state index in [0.717, 1.165) is 34.3 Å². The standard InChI is InChI=1S/C55H39N3/c1-4-16-37(17-5-1)35-56-55(57-36-38-18-6-2-7-19-38)46-28-15-25-43-44(46)26-14-27-45(43)49-34-40-31-30-39-20-10-11-23-42(39)52(40)48-32-33-51-54(53(48)49)47-24-12-13-29-50(47)58(51)41-21-8-3-9-22-41/h1-33,35,49H,34,36H2. The Morgan fingerprint density at radius 3 is 2.09 bits per heavy atom. The molecule has 0 fully saturated rings. The summed E-state index contributed by atoms with van der Waals surface area (Å²) >= 11 is 0. The van der Waals surface area contributed by atoms with E-state index < -0.39 is 0 Å². The van der Waals surface area contributed by atoms with Crippen molar-refractivity contribution in [1.82, 2.24) is 4.57 Å². The molecule has 0 saturated carbocycles. The summed E-state index contributed by atoms with van der Waals surface area (Å²) in [4.78, 5) is 10.3. The summed E-state index contributed by atoms with van der Waals surface area (Å²) in [6, 6.07) is 72.2. The van der Waals surface area contributed by atoms with Crippen LogP contribution in [0.25, 0.3) is 60.2 Å². The molecule has 1 unspecified atom stereocenters. The van der Waals surface area contributed by atoms with Gasteiger partial charge in [-0.2, -0.15) is 0 Å². The molecule has 0 amide bonds. The van der Waals surface area contributed by atoms with Crippen molar-refractivity contribution in [2.24, 2.45) is 9.98 Å². The molecule has 0 radical (unpaired) electrons. The highest BCUT2D eigenvalue weighted by molar-refractivity contribution is 6.16. The van der Waals surface area contributed by atoms with Gasteiger partial charge in [0.1, 0.15) is 0 Å². The van der Waals surface area contributed by atoms with E-state index in [2.05, 4.69) is 180 Å². The van der Waals surface area contributed by atoms with Gasteiger partial charge in [0.15, 0.2) is 5.84 Å². The minimum atomic E-state index is 0.0962. The van der Waals surface area contributed by atoms with E-state index in [4.69, 9.17) is 9.98 Å². The molecule has 3 nitrogen and oxygen atoms in total. The summed E-state index contributed by atoms with van der Waals surface area (Å²) < 4.78 is 2.45. The molecule has 3 heteroatoms. The number of hydrogen-bond donors (Lipinski definition) is 0. The predicted molar refractivity (Wildman–Crippen MR) is 244 cm³/mol. The van der Waals surface area contributed by atoms with Gasteiger partial charge in [-0.1, -0.05) is 176 Å². The molecule has 0 N–H and O–H groups in total. The first-order valence-corrected chi connectivity index (χ1v) is 20.1. The number of benzene rings is 9. The molecule has 10 aromatic rings. The molecule has 0 saturated heterocycles. The fraction of sp³-hybridized carbons (Fsp3) is 0.0545. The SMILES string of the molecule is C(=NC(=NCc1ccccc1)c1cccc2c(C3Cc4ccc5ccccc5c4-c4ccc5c(c43)c3ccccc3n5-c3ccccc3)cccc12)c1ccccc1. The van der Waals surface area contributed by atoms with E-state index in [0.29, 0.717) is 6.54 Å². The zero-order chi connectivity index (χ0) is 38.4. The monoisotopic (exact) mass is 741 g/mol. The Labute approximate surface area is 337 Å². The highest BCUT2D eigenvalue weighted by Crippen LogP contribution is 2.51. The largest absolute Gasteiger partial charge is 0.309 e. The Kier molecular flexibility index (Phi) is 8.36. The van der Waals surface area contributed by atoms with Gasteiger partial charge < -0.3 is 4.57 Å². The van der Waals surface area contributed by atoms with Gasteiger partial charge in [0, 0.05) is 34.2 Å². The first-order chi connectivity index (χ1) is 28.8. The molecule has 9 aromatic carbocycles. The van der Waals surface area contributed by atoms with Crippen LogP contribution < -0.4 is 0 Å². The third-order valence-corrected chi connectivity index (χ3v) is 11.9. The van der Waals surface area contributed by atoms with Crippen molar-refractivity contribution in [3.05, 3.63) is 234 Å². The van der Waals surface area contributed by atoms with Crippen LogP contribution in [0.4, 0.5) is 0 Å². The van der Waals surface area contributed by atoms with Gasteiger partial charge in [0.25, 0.3) is 0 Å². The molecular weight excluding hydrogens is 703 g/mol. The maximum Gasteiger partial charge on any atom is 0.155 e. The number of para-hydroxylation sites is 2. The molecule has 58 heavy (non-hydrogen) atoms. The molecule has 0 bridgehead atoms. The zero-order valence-corrected chi connectivity index (χ0v) is 32.0. The molecular formula is C55H39N3. The maximum absolute atomic E-state index is 5.19. The second-order valence-corrected chi connectivity index (χ2v) is 15.2. The second kappa shape index (κ2) is 14.3. The van der Waals surface area contributed by atoms with Crippen molar-refractivity contribution in [3.8, 4) is 16.8 Å². The Bertz CT molecular complexity index is 3210. The van der Waals surface area contributed by atoms with Gasteiger partial charge in [0.05, 0.1) is 17.6 Å². The molecule has 0 spiro atoms. The number of aromatic nitrogens is 1. The lowest BCUT2D eigenvalue weighted by atomic mass is 9.72. The Morgan fingerprint density at radius 2 is 1.24 bits per heavy atom. The van der Waals surface area contributed by atoms with Crippen molar-refractivity contribution in [2.45, 2.75) is 18.9 Å². The fourth-order valence-electron chi connectivity index (χ4n) is 9.37. The van der Waals surface area contributed by atoms with Gasteiger partial charge in [-0.25, -0.2) is 4.99 Å². The van der Waals surface area contributed by atoms with Crippen LogP contribution >= 0.6 is 0 Å². The normalized spacial score (nSPS) is 14.1. The molecule has 1 heterocycles. The van der Waals surface area contributed by atoms with E-state index in [1.807, 2.05) is 30.5 Å². The molecule has 1 aliphatic carbocycles. The fourth-order valence-corrected chi connectivity index (χ4v) is 9.37. The maximum atomic E-state index is 5.19. The molecule has 274 valence electrons. The average molecular weight is 742 g/mol. The third-order valence-electron chi connectivity index (χ3n) is 11.9. The molecule has 1 atom stereocenters. The number of nitrogens with zero attached hydrogens (tertiary/aromatic N) is 3. The third kappa shape index (κ3) is 5.74. The molecule has 1 aliphatic rings. The van der Waals surface area contributed by atoms with Crippen LogP contribution in [0.1, 0.15) is 39.3 Å². The van der Waals surface area contributed by atoms with Crippen molar-refractivity contribution < 1.29 is 0 Å². The summed E-state index contributed by atoms with van der Waals surface area (Å²) in [6.45, 7) is 0.544. The minimum Gasteiger partial charge on any atom is -0.309 e. The van der Waals surface area contributed by atoms with Crippen LogP contribution in [0, 0.1) is 0 Å². The summed E-state index contributed by atoms with van der Waals surface area (Å²) in [7, 11) is 0. The quantitative estimate of drug-likeness (QED) is 0.120. The van der Waals surface area contributed by atoms with Crippen LogP contribution in [0.15, 0.2) is 210 Å². The number of amidine groups is 1. The topological polar surface area (TPSA) is 29.6 Å². The number of rotatable bonds is 6. The summed E-state index contributed by atoms with van der Waals surface area (Å²) in [6.07, 6.45) is 2.83. The summed E-state index contributed by atoms with van der Waals surface area (Å²) in [5, 5.41) is 7.56. The summed E-state index contributed by atoms with van der Waals surface area (Å²) in [5.74, 6) is 0.823. The molecule has 1 aromatic heterocycles. The van der Waals surface area contributed by atoms with Crippen LogP contribution in [0.5, 0.6) is 0 Å². The van der Waals surface area contributed by atoms with Gasteiger partial charge >= 0.3 is 0 Å². The van der Waals surface area contributed by atoms with Crippen molar-refractivity contribution in [2.75, 3.05) is 0 Å². The lowest BCUT2D eigenvalue weighted by molar-refractivity contribution is 0.809. The average Bonchev–Trinajstić information content (AvgIpc) is 3.64. The lowest BCUT2D eigenvalue weighted by Crippen LogP contribution is -2.14. The first-order valence-electron chi connectivity index (χ1n) is 20.1. The van der Waals surface area contributed by atoms with Crippen LogP contribution in [0.3, 0.4) is 0 Å². The van der Waals surface area contributed by atoms with Gasteiger partial charge in [-0.3, -0.25) is 4.99 Å². The summed E-state index contributed by atoms with van der Waals surface area (Å²) in [5.41, 5.74) is 13.6. The van der Waals surface area contributed by atoms with Crippen LogP contribution in [0.2, 0.25) is 0 Å².